The molecule has 1 aromatic heterocycles. The maximum atomic E-state index is 13.6. The first-order valence-electron chi connectivity index (χ1n) is 13.5. The minimum absolute atomic E-state index is 0.0563. The van der Waals surface area contributed by atoms with Crippen LogP contribution in [0.2, 0.25) is 10.0 Å². The lowest BCUT2D eigenvalue weighted by Crippen LogP contribution is -2.29. The zero-order valence-electron chi connectivity index (χ0n) is 23.3. The van der Waals surface area contributed by atoms with Gasteiger partial charge in [-0.25, -0.2) is 0 Å². The number of carbonyl (C=O) groups is 2. The molecule has 0 saturated carbocycles. The molecule has 4 aromatic rings. The van der Waals surface area contributed by atoms with E-state index in [1.165, 1.54) is 28.0 Å². The topological polar surface area (TPSA) is 102 Å². The number of benzene rings is 3. The van der Waals surface area contributed by atoms with E-state index in [-0.39, 0.29) is 16.5 Å². The molecule has 12 heteroatoms. The van der Waals surface area contributed by atoms with Crippen LogP contribution in [0.25, 0.3) is 5.76 Å². The van der Waals surface area contributed by atoms with E-state index in [0.29, 0.717) is 56.0 Å². The van der Waals surface area contributed by atoms with E-state index >= 15 is 0 Å². The molecule has 0 bridgehead atoms. The number of ketones is 1. The zero-order valence-corrected chi connectivity index (χ0v) is 26.4. The minimum atomic E-state index is -0.965. The van der Waals surface area contributed by atoms with Crippen molar-refractivity contribution in [3.8, 4) is 11.5 Å². The number of hydrogen-bond acceptors (Lipinski definition) is 9. The number of amides is 1. The van der Waals surface area contributed by atoms with Crippen LogP contribution < -0.4 is 14.4 Å². The lowest BCUT2D eigenvalue weighted by atomic mass is 9.95. The van der Waals surface area contributed by atoms with Gasteiger partial charge in [0.25, 0.3) is 5.78 Å². The highest BCUT2D eigenvalue weighted by Gasteiger charge is 2.48. The van der Waals surface area contributed by atoms with E-state index in [1.54, 1.807) is 60.7 Å². The number of carbonyl (C=O) groups excluding carboxylic acids is 2. The predicted octanol–water partition coefficient (Wildman–Crippen LogP) is 7.95. The summed E-state index contributed by atoms with van der Waals surface area (Å²) in [6.07, 6.45) is 0.812. The maximum Gasteiger partial charge on any atom is 0.301 e. The fraction of sp³-hybridized carbons (Fsp3) is 0.226. The summed E-state index contributed by atoms with van der Waals surface area (Å²) in [4.78, 5) is 28.4. The number of halogens is 2. The van der Waals surface area contributed by atoms with Gasteiger partial charge < -0.3 is 14.6 Å². The summed E-state index contributed by atoms with van der Waals surface area (Å²) in [5.41, 5.74) is 1.77. The molecule has 8 nitrogen and oxygen atoms in total. The molecule has 1 unspecified atom stereocenters. The van der Waals surface area contributed by atoms with Crippen molar-refractivity contribution in [3.05, 3.63) is 99.0 Å². The monoisotopic (exact) mass is 655 g/mol. The molecule has 1 amide bonds. The third-order valence-electron chi connectivity index (χ3n) is 6.50. The molecule has 1 N–H and O–H groups in total. The number of aliphatic hydroxyl groups excluding tert-OH is 1. The van der Waals surface area contributed by atoms with Crippen LogP contribution >= 0.6 is 46.3 Å². The van der Waals surface area contributed by atoms with E-state index in [0.717, 1.165) is 12.0 Å². The molecule has 1 aliphatic heterocycles. The number of hydrogen-bond donors (Lipinski definition) is 1. The highest BCUT2D eigenvalue weighted by molar-refractivity contribution is 8.00. The quantitative estimate of drug-likeness (QED) is 0.0571. The Morgan fingerprint density at radius 2 is 1.79 bits per heavy atom. The lowest BCUT2D eigenvalue weighted by Gasteiger charge is -2.23. The van der Waals surface area contributed by atoms with Crippen LogP contribution in [-0.4, -0.2) is 40.2 Å². The number of thioether (sulfide) groups is 1. The van der Waals surface area contributed by atoms with Crippen LogP contribution in [0.4, 0.5) is 5.13 Å². The first-order valence-corrected chi connectivity index (χ1v) is 16.0. The van der Waals surface area contributed by atoms with Crippen molar-refractivity contribution >= 4 is 68.9 Å². The summed E-state index contributed by atoms with van der Waals surface area (Å²) in [7, 11) is 0. The van der Waals surface area contributed by atoms with Gasteiger partial charge in [0.05, 0.1) is 24.8 Å². The van der Waals surface area contributed by atoms with Crippen LogP contribution in [0, 0.1) is 0 Å². The SMILES string of the molecule is CCCOc1cccc(C2C(=C(O)c3ccc(OCC)cc3)C(=O)C(=O)N2c2nnc(SCc3ccc(Cl)cc3Cl)s2)c1. The Morgan fingerprint density at radius 1 is 1.00 bits per heavy atom. The Kier molecular flexibility index (Phi) is 9.92. The second kappa shape index (κ2) is 13.8. The fourth-order valence-corrected chi connectivity index (χ4v) is 6.93. The largest absolute Gasteiger partial charge is 0.507 e. The second-order valence-electron chi connectivity index (χ2n) is 9.42. The van der Waals surface area contributed by atoms with Crippen molar-refractivity contribution < 1.29 is 24.2 Å². The van der Waals surface area contributed by atoms with Crippen LogP contribution in [-0.2, 0) is 15.3 Å². The molecule has 1 atom stereocenters. The van der Waals surface area contributed by atoms with Crippen molar-refractivity contribution in [2.24, 2.45) is 0 Å². The smallest absolute Gasteiger partial charge is 0.301 e. The van der Waals surface area contributed by atoms with Gasteiger partial charge in [-0.2, -0.15) is 0 Å². The predicted molar refractivity (Wildman–Crippen MR) is 171 cm³/mol. The lowest BCUT2D eigenvalue weighted by molar-refractivity contribution is -0.132. The number of ether oxygens (including phenoxy) is 2. The van der Waals surface area contributed by atoms with Crippen molar-refractivity contribution in [3.63, 3.8) is 0 Å². The molecule has 43 heavy (non-hydrogen) atoms. The normalized spacial score (nSPS) is 16.1. The van der Waals surface area contributed by atoms with E-state index in [4.69, 9.17) is 32.7 Å². The number of Topliss-reactive ketones (excluding diaryl/α,β-unsaturated/α-hetero) is 1. The summed E-state index contributed by atoms with van der Waals surface area (Å²) in [5.74, 6) is -0.235. The molecule has 1 fully saturated rings. The van der Waals surface area contributed by atoms with Gasteiger partial charge in [0.1, 0.15) is 17.3 Å². The van der Waals surface area contributed by atoms with Crippen LogP contribution in [0.1, 0.15) is 43.0 Å². The third kappa shape index (κ3) is 6.83. The van der Waals surface area contributed by atoms with Gasteiger partial charge in [-0.3, -0.25) is 14.5 Å². The molecule has 5 rings (SSSR count). The van der Waals surface area contributed by atoms with Crippen LogP contribution in [0.3, 0.4) is 0 Å². The van der Waals surface area contributed by atoms with Crippen molar-refractivity contribution in [2.75, 3.05) is 18.1 Å². The summed E-state index contributed by atoms with van der Waals surface area (Å²) >= 11 is 14.9. The Balaban J connectivity index is 1.53. The van der Waals surface area contributed by atoms with Gasteiger partial charge in [-0.15, -0.1) is 10.2 Å². The Bertz CT molecular complexity index is 1680. The molecule has 1 saturated heterocycles. The molecular weight excluding hydrogens is 629 g/mol. The van der Waals surface area contributed by atoms with Gasteiger partial charge in [0, 0.05) is 21.4 Å². The molecule has 222 valence electrons. The van der Waals surface area contributed by atoms with Crippen LogP contribution in [0.15, 0.2) is 76.6 Å². The molecule has 2 heterocycles. The number of aliphatic hydroxyl groups is 1. The summed E-state index contributed by atoms with van der Waals surface area (Å²) in [6.45, 7) is 4.87. The average molecular weight is 657 g/mol. The molecule has 0 radical (unpaired) electrons. The molecule has 1 aliphatic rings. The van der Waals surface area contributed by atoms with E-state index in [9.17, 15) is 14.7 Å². The number of aromatic nitrogens is 2. The van der Waals surface area contributed by atoms with Crippen LogP contribution in [0.5, 0.6) is 11.5 Å². The molecular formula is C31H27Cl2N3O5S2. The van der Waals surface area contributed by atoms with Crippen molar-refractivity contribution in [1.82, 2.24) is 10.2 Å². The van der Waals surface area contributed by atoms with Gasteiger partial charge in [-0.05, 0) is 73.0 Å². The number of rotatable bonds is 11. The number of nitrogens with zero attached hydrogens (tertiary/aromatic N) is 3. The fourth-order valence-electron chi connectivity index (χ4n) is 4.51. The van der Waals surface area contributed by atoms with Gasteiger partial charge in [-0.1, -0.05) is 71.4 Å². The highest BCUT2D eigenvalue weighted by atomic mass is 35.5. The van der Waals surface area contributed by atoms with E-state index in [1.807, 2.05) is 19.9 Å². The zero-order chi connectivity index (χ0) is 30.5. The Hall–Kier alpha value is -3.57. The van der Waals surface area contributed by atoms with Crippen molar-refractivity contribution in [2.45, 2.75) is 36.4 Å². The van der Waals surface area contributed by atoms with Gasteiger partial charge in [0.15, 0.2) is 4.34 Å². The Labute approximate surface area is 267 Å². The minimum Gasteiger partial charge on any atom is -0.507 e. The van der Waals surface area contributed by atoms with Gasteiger partial charge in [0.2, 0.25) is 5.13 Å². The Morgan fingerprint density at radius 3 is 2.51 bits per heavy atom. The highest BCUT2D eigenvalue weighted by Crippen LogP contribution is 2.45. The molecule has 0 aliphatic carbocycles. The first kappa shape index (κ1) is 30.9. The standard InChI is InChI=1S/C31H27Cl2N3O5S2/c1-3-14-41-23-7-5-6-19(15-23)26-25(27(37)18-9-12-22(13-10-18)40-4-2)28(38)29(39)36(26)30-34-35-31(43-30)42-17-20-8-11-21(32)16-24(20)33/h5-13,15-16,26,37H,3-4,14,17H2,1-2H3. The third-order valence-corrected chi connectivity index (χ3v) is 9.19. The second-order valence-corrected chi connectivity index (χ2v) is 12.4. The van der Waals surface area contributed by atoms with Crippen molar-refractivity contribution in [1.29, 1.82) is 0 Å². The molecule has 3 aromatic carbocycles. The summed E-state index contributed by atoms with van der Waals surface area (Å²) < 4.78 is 11.9. The average Bonchev–Trinajstić information content (AvgIpc) is 3.57. The molecule has 0 spiro atoms. The van der Waals surface area contributed by atoms with E-state index < -0.39 is 17.7 Å². The maximum absolute atomic E-state index is 13.6. The first-order chi connectivity index (χ1) is 20.8. The van der Waals surface area contributed by atoms with E-state index in [2.05, 4.69) is 10.2 Å². The number of anilines is 1. The van der Waals surface area contributed by atoms with Gasteiger partial charge >= 0.3 is 5.91 Å². The summed E-state index contributed by atoms with van der Waals surface area (Å²) in [6, 6.07) is 18.1. The summed E-state index contributed by atoms with van der Waals surface area (Å²) in [5, 5.41) is 21.3.